The number of carbonyl (C=O) groups excluding carboxylic acids is 1. The van der Waals surface area contributed by atoms with E-state index in [1.54, 1.807) is 15.6 Å². The van der Waals surface area contributed by atoms with Gasteiger partial charge in [0.05, 0.1) is 24.7 Å². The van der Waals surface area contributed by atoms with Gasteiger partial charge >= 0.3 is 0 Å². The van der Waals surface area contributed by atoms with Gasteiger partial charge in [-0.1, -0.05) is 11.6 Å². The minimum atomic E-state index is -0.0329. The number of aryl methyl sites for hydroxylation is 1. The third kappa shape index (κ3) is 2.80. The minimum Gasteiger partial charge on any atom is -0.489 e. The Labute approximate surface area is 144 Å². The Bertz CT molecular complexity index is 777. The molecule has 8 heteroatoms. The summed E-state index contributed by atoms with van der Waals surface area (Å²) in [5.41, 5.74) is 0.797. The van der Waals surface area contributed by atoms with Gasteiger partial charge in [-0.2, -0.15) is 10.1 Å². The van der Waals surface area contributed by atoms with Crippen LogP contribution < -0.4 is 14.4 Å². The number of carbonyl (C=O) groups is 1. The average Bonchev–Trinajstić information content (AvgIpc) is 2.92. The predicted octanol–water partition coefficient (Wildman–Crippen LogP) is 2.07. The zero-order chi connectivity index (χ0) is 16.5. The van der Waals surface area contributed by atoms with E-state index >= 15 is 0 Å². The molecule has 0 saturated carbocycles. The van der Waals surface area contributed by atoms with E-state index < -0.39 is 0 Å². The fraction of sp³-hybridized carbons (Fsp3) is 0.438. The molecule has 0 saturated heterocycles. The van der Waals surface area contributed by atoms with Crippen molar-refractivity contribution in [3.63, 3.8) is 0 Å². The van der Waals surface area contributed by atoms with Crippen LogP contribution in [0.5, 0.6) is 11.5 Å². The maximum atomic E-state index is 12.7. The van der Waals surface area contributed by atoms with Crippen LogP contribution in [0.4, 0.5) is 5.95 Å². The lowest BCUT2D eigenvalue weighted by atomic mass is 10.1. The zero-order valence-electron chi connectivity index (χ0n) is 13.1. The molecule has 7 nitrogen and oxygen atoms in total. The van der Waals surface area contributed by atoms with Crippen molar-refractivity contribution in [1.82, 2.24) is 14.8 Å². The summed E-state index contributed by atoms with van der Waals surface area (Å²) in [4.78, 5) is 18.6. The van der Waals surface area contributed by atoms with Gasteiger partial charge in [-0.05, 0) is 24.1 Å². The van der Waals surface area contributed by atoms with Crippen LogP contribution in [0.3, 0.4) is 0 Å². The molecule has 0 radical (unpaired) electrons. The molecule has 1 aromatic carbocycles. The summed E-state index contributed by atoms with van der Waals surface area (Å²) in [6.45, 7) is 2.59. The second-order valence-corrected chi connectivity index (χ2v) is 6.22. The number of ether oxygens (including phenoxy) is 2. The summed E-state index contributed by atoms with van der Waals surface area (Å²) < 4.78 is 13.1. The van der Waals surface area contributed by atoms with E-state index in [0.29, 0.717) is 42.2 Å². The Kier molecular flexibility index (Phi) is 4.02. The molecule has 0 spiro atoms. The molecule has 1 aromatic heterocycles. The number of fused-ring (bicyclic) bond motifs is 2. The molecule has 1 amide bonds. The van der Waals surface area contributed by atoms with Crippen LogP contribution in [-0.4, -0.2) is 40.4 Å². The highest BCUT2D eigenvalue weighted by Gasteiger charge is 2.25. The first-order valence-electron chi connectivity index (χ1n) is 7.98. The highest BCUT2D eigenvalue weighted by molar-refractivity contribution is 6.32. The van der Waals surface area contributed by atoms with Crippen molar-refractivity contribution in [3.05, 3.63) is 29.0 Å². The van der Waals surface area contributed by atoms with Gasteiger partial charge in [-0.3, -0.25) is 9.69 Å². The van der Waals surface area contributed by atoms with Crippen LogP contribution in [0.1, 0.15) is 18.4 Å². The number of rotatable bonds is 2. The predicted molar refractivity (Wildman–Crippen MR) is 87.8 cm³/mol. The molecule has 126 valence electrons. The standard InChI is InChI=1S/C16H17ClN4O3/c17-12-7-11(8-13-15(12)24-6-2-5-23-13)9-14(22)20-3-1-4-21-16(20)18-10-19-21/h7-8,10H,1-6,9H2. The number of nitrogens with zero attached hydrogens (tertiary/aromatic N) is 4. The van der Waals surface area contributed by atoms with Crippen molar-refractivity contribution in [3.8, 4) is 11.5 Å². The van der Waals surface area contributed by atoms with Gasteiger partial charge in [0.25, 0.3) is 0 Å². The van der Waals surface area contributed by atoms with E-state index in [0.717, 1.165) is 24.9 Å². The summed E-state index contributed by atoms with van der Waals surface area (Å²) in [6.07, 6.45) is 3.38. The quantitative estimate of drug-likeness (QED) is 0.831. The first-order chi connectivity index (χ1) is 11.7. The van der Waals surface area contributed by atoms with Crippen LogP contribution in [0.2, 0.25) is 5.02 Å². The molecule has 0 atom stereocenters. The van der Waals surface area contributed by atoms with E-state index in [-0.39, 0.29) is 12.3 Å². The number of aromatic nitrogens is 3. The number of benzene rings is 1. The van der Waals surface area contributed by atoms with Crippen LogP contribution in [0.15, 0.2) is 18.5 Å². The van der Waals surface area contributed by atoms with Crippen molar-refractivity contribution in [2.24, 2.45) is 0 Å². The normalized spacial score (nSPS) is 16.5. The fourth-order valence-corrected chi connectivity index (χ4v) is 3.28. The Morgan fingerprint density at radius 2 is 2.08 bits per heavy atom. The third-order valence-corrected chi connectivity index (χ3v) is 4.39. The van der Waals surface area contributed by atoms with E-state index in [1.807, 2.05) is 6.07 Å². The summed E-state index contributed by atoms with van der Waals surface area (Å²) in [5, 5.41) is 4.60. The zero-order valence-corrected chi connectivity index (χ0v) is 13.8. The summed E-state index contributed by atoms with van der Waals surface area (Å²) >= 11 is 6.30. The molecule has 0 aliphatic carbocycles. The first kappa shape index (κ1) is 15.3. The lowest BCUT2D eigenvalue weighted by Gasteiger charge is -2.26. The molecule has 2 aliphatic heterocycles. The van der Waals surface area contributed by atoms with E-state index in [9.17, 15) is 4.79 Å². The highest BCUT2D eigenvalue weighted by atomic mass is 35.5. The maximum Gasteiger partial charge on any atom is 0.233 e. The van der Waals surface area contributed by atoms with E-state index in [2.05, 4.69) is 10.1 Å². The third-order valence-electron chi connectivity index (χ3n) is 4.11. The van der Waals surface area contributed by atoms with Crippen molar-refractivity contribution < 1.29 is 14.3 Å². The maximum absolute atomic E-state index is 12.7. The lowest BCUT2D eigenvalue weighted by Crippen LogP contribution is -2.39. The van der Waals surface area contributed by atoms with Crippen molar-refractivity contribution in [1.29, 1.82) is 0 Å². The molecule has 0 N–H and O–H groups in total. The Morgan fingerprint density at radius 3 is 3.00 bits per heavy atom. The highest BCUT2D eigenvalue weighted by Crippen LogP contribution is 2.38. The van der Waals surface area contributed by atoms with Gasteiger partial charge in [-0.25, -0.2) is 4.68 Å². The fourth-order valence-electron chi connectivity index (χ4n) is 3.00. The SMILES string of the molecule is O=C(Cc1cc(Cl)c2c(c1)OCCCO2)N1CCCn2ncnc21. The van der Waals surface area contributed by atoms with Crippen LogP contribution in [0.25, 0.3) is 0 Å². The molecule has 24 heavy (non-hydrogen) atoms. The molecule has 3 heterocycles. The number of amides is 1. The topological polar surface area (TPSA) is 69.5 Å². The Hall–Kier alpha value is -2.28. The molecule has 0 unspecified atom stereocenters. The number of anilines is 1. The van der Waals surface area contributed by atoms with E-state index in [1.165, 1.54) is 6.33 Å². The Balaban J connectivity index is 1.57. The second-order valence-electron chi connectivity index (χ2n) is 5.81. The van der Waals surface area contributed by atoms with Crippen LogP contribution >= 0.6 is 11.6 Å². The molecule has 4 rings (SSSR count). The lowest BCUT2D eigenvalue weighted by molar-refractivity contribution is -0.118. The second kappa shape index (κ2) is 6.32. The number of hydrogen-bond acceptors (Lipinski definition) is 5. The Morgan fingerprint density at radius 1 is 1.21 bits per heavy atom. The van der Waals surface area contributed by atoms with E-state index in [4.69, 9.17) is 21.1 Å². The first-order valence-corrected chi connectivity index (χ1v) is 8.36. The average molecular weight is 349 g/mol. The molecule has 0 fully saturated rings. The van der Waals surface area contributed by atoms with Gasteiger partial charge in [-0.15, -0.1) is 0 Å². The van der Waals surface area contributed by atoms with Crippen LogP contribution in [-0.2, 0) is 17.8 Å². The molecular weight excluding hydrogens is 332 g/mol. The minimum absolute atomic E-state index is 0.0329. The smallest absolute Gasteiger partial charge is 0.233 e. The van der Waals surface area contributed by atoms with Gasteiger partial charge in [0.15, 0.2) is 11.5 Å². The molecule has 2 aliphatic rings. The number of hydrogen-bond donors (Lipinski definition) is 0. The summed E-state index contributed by atoms with van der Waals surface area (Å²) in [5.74, 6) is 1.73. The van der Waals surface area contributed by atoms with Gasteiger partial charge < -0.3 is 9.47 Å². The van der Waals surface area contributed by atoms with Crippen LogP contribution in [0, 0.1) is 0 Å². The number of halogens is 1. The largest absolute Gasteiger partial charge is 0.489 e. The summed E-state index contributed by atoms with van der Waals surface area (Å²) in [7, 11) is 0. The monoisotopic (exact) mass is 348 g/mol. The van der Waals surface area contributed by atoms with Crippen molar-refractivity contribution in [2.45, 2.75) is 25.8 Å². The van der Waals surface area contributed by atoms with Gasteiger partial charge in [0, 0.05) is 19.5 Å². The summed E-state index contributed by atoms with van der Waals surface area (Å²) in [6, 6.07) is 3.60. The van der Waals surface area contributed by atoms with Crippen molar-refractivity contribution >= 4 is 23.5 Å². The van der Waals surface area contributed by atoms with Gasteiger partial charge in [0.2, 0.25) is 11.9 Å². The van der Waals surface area contributed by atoms with Gasteiger partial charge in [0.1, 0.15) is 6.33 Å². The van der Waals surface area contributed by atoms with Crippen molar-refractivity contribution in [2.75, 3.05) is 24.7 Å². The molecule has 0 bridgehead atoms. The molecular formula is C16H17ClN4O3. The molecule has 2 aromatic rings.